The monoisotopic (exact) mass is 299 g/mol. The van der Waals surface area contributed by atoms with Crippen molar-refractivity contribution in [3.8, 4) is 5.75 Å². The number of nitro groups is 2. The number of nitro benzene ring substituents is 2. The summed E-state index contributed by atoms with van der Waals surface area (Å²) < 4.78 is 4.85. The number of amides is 1. The Morgan fingerprint density at radius 3 is 2.00 bits per heavy atom. The van der Waals surface area contributed by atoms with Crippen LogP contribution in [0.25, 0.3) is 0 Å². The minimum atomic E-state index is -1.03. The highest BCUT2D eigenvalue weighted by Gasteiger charge is 2.28. The molecule has 21 heavy (non-hydrogen) atoms. The summed E-state index contributed by atoms with van der Waals surface area (Å²) in [4.78, 5) is 36.0. The van der Waals surface area contributed by atoms with Gasteiger partial charge in [-0.05, 0) is 26.8 Å². The molecule has 0 aliphatic rings. The number of hydrogen-bond donors (Lipinski definition) is 1. The van der Waals surface area contributed by atoms with Crippen molar-refractivity contribution in [2.75, 3.05) is 0 Å². The SMILES string of the molecule is CC(C)(C)OC(=O)NOc1c([N+](=O)[O-])cccc1[N+](=O)[O-]. The molecule has 1 rings (SSSR count). The van der Waals surface area contributed by atoms with E-state index in [1.165, 1.54) is 0 Å². The second-order valence-electron chi connectivity index (χ2n) is 4.85. The van der Waals surface area contributed by atoms with Crippen LogP contribution in [0, 0.1) is 20.2 Å². The maximum absolute atomic E-state index is 11.4. The van der Waals surface area contributed by atoms with Crippen LogP contribution in [0.1, 0.15) is 20.8 Å². The van der Waals surface area contributed by atoms with Crippen molar-refractivity contribution in [2.45, 2.75) is 26.4 Å². The summed E-state index contributed by atoms with van der Waals surface area (Å²) >= 11 is 0. The summed E-state index contributed by atoms with van der Waals surface area (Å²) in [5, 5.41) is 21.7. The van der Waals surface area contributed by atoms with Crippen molar-refractivity contribution in [1.82, 2.24) is 5.48 Å². The second kappa shape index (κ2) is 6.03. The number of hydrogen-bond acceptors (Lipinski definition) is 7. The van der Waals surface area contributed by atoms with Crippen LogP contribution >= 0.6 is 0 Å². The largest absolute Gasteiger partial charge is 0.442 e. The number of carbonyl (C=O) groups excluding carboxylic acids is 1. The number of carbonyl (C=O) groups is 1. The molecule has 0 fully saturated rings. The van der Waals surface area contributed by atoms with Gasteiger partial charge < -0.3 is 9.57 Å². The highest BCUT2D eigenvalue weighted by Crippen LogP contribution is 2.35. The van der Waals surface area contributed by atoms with E-state index in [2.05, 4.69) is 0 Å². The molecule has 1 aromatic rings. The van der Waals surface area contributed by atoms with Gasteiger partial charge in [-0.1, -0.05) is 0 Å². The van der Waals surface area contributed by atoms with Gasteiger partial charge in [-0.3, -0.25) is 20.2 Å². The molecule has 1 N–H and O–H groups in total. The zero-order valence-corrected chi connectivity index (χ0v) is 11.5. The van der Waals surface area contributed by atoms with E-state index in [0.717, 1.165) is 18.2 Å². The zero-order chi connectivity index (χ0) is 16.2. The van der Waals surface area contributed by atoms with Gasteiger partial charge in [0.05, 0.1) is 9.85 Å². The Balaban J connectivity index is 2.98. The van der Waals surface area contributed by atoms with E-state index in [1.807, 2.05) is 0 Å². The summed E-state index contributed by atoms with van der Waals surface area (Å²) in [6.45, 7) is 4.79. The lowest BCUT2D eigenvalue weighted by atomic mass is 10.2. The quantitative estimate of drug-likeness (QED) is 0.665. The number of nitrogens with one attached hydrogen (secondary N) is 1. The molecule has 0 aromatic heterocycles. The number of nitrogens with zero attached hydrogens (tertiary/aromatic N) is 2. The Hall–Kier alpha value is -2.91. The van der Waals surface area contributed by atoms with E-state index in [1.54, 1.807) is 26.3 Å². The number of rotatable bonds is 4. The topological polar surface area (TPSA) is 134 Å². The molecule has 1 amide bonds. The molecule has 0 atom stereocenters. The second-order valence-corrected chi connectivity index (χ2v) is 4.85. The van der Waals surface area contributed by atoms with Crippen LogP contribution in [-0.4, -0.2) is 21.5 Å². The van der Waals surface area contributed by atoms with Crippen LogP contribution in [0.5, 0.6) is 5.75 Å². The van der Waals surface area contributed by atoms with E-state index in [-0.39, 0.29) is 0 Å². The third-order valence-corrected chi connectivity index (χ3v) is 2.00. The average molecular weight is 299 g/mol. The standard InChI is InChI=1S/C11H13N3O7/c1-11(2,3)20-10(15)12-21-9-7(13(16)17)5-4-6-8(9)14(18)19/h4-6H,1-3H3,(H,12,15). The Morgan fingerprint density at radius 2 is 1.62 bits per heavy atom. The number of para-hydroxylation sites is 1. The molecule has 0 aliphatic carbocycles. The summed E-state index contributed by atoms with van der Waals surface area (Å²) in [7, 11) is 0. The van der Waals surface area contributed by atoms with Crippen molar-refractivity contribution in [3.63, 3.8) is 0 Å². The van der Waals surface area contributed by atoms with Gasteiger partial charge in [-0.25, -0.2) is 4.79 Å². The molecule has 0 spiro atoms. The van der Waals surface area contributed by atoms with E-state index < -0.39 is 38.7 Å². The number of hydroxylamine groups is 1. The lowest BCUT2D eigenvalue weighted by Gasteiger charge is -2.19. The van der Waals surface area contributed by atoms with E-state index in [9.17, 15) is 25.0 Å². The highest BCUT2D eigenvalue weighted by molar-refractivity contribution is 5.67. The molecular weight excluding hydrogens is 286 g/mol. The fourth-order valence-electron chi connectivity index (χ4n) is 1.30. The lowest BCUT2D eigenvalue weighted by Crippen LogP contribution is -2.34. The average Bonchev–Trinajstić information content (AvgIpc) is 2.33. The number of benzene rings is 1. The van der Waals surface area contributed by atoms with Gasteiger partial charge >= 0.3 is 23.2 Å². The Bertz CT molecular complexity index is 547. The van der Waals surface area contributed by atoms with Gasteiger partial charge in [0, 0.05) is 12.1 Å². The van der Waals surface area contributed by atoms with Gasteiger partial charge in [0.25, 0.3) is 0 Å². The van der Waals surface area contributed by atoms with Crippen molar-refractivity contribution >= 4 is 17.5 Å². The first-order valence-corrected chi connectivity index (χ1v) is 5.69. The third-order valence-electron chi connectivity index (χ3n) is 2.00. The maximum atomic E-state index is 11.4. The summed E-state index contributed by atoms with van der Waals surface area (Å²) in [5.74, 6) is -0.682. The minimum absolute atomic E-state index is 0.653. The van der Waals surface area contributed by atoms with Crippen LogP contribution in [0.4, 0.5) is 16.2 Å². The fraction of sp³-hybridized carbons (Fsp3) is 0.364. The van der Waals surface area contributed by atoms with Gasteiger partial charge in [0.2, 0.25) is 0 Å². The molecule has 0 heterocycles. The maximum Gasteiger partial charge on any atom is 0.441 e. The van der Waals surface area contributed by atoms with Crippen molar-refractivity contribution in [1.29, 1.82) is 0 Å². The van der Waals surface area contributed by atoms with Crippen LogP contribution < -0.4 is 10.3 Å². The molecule has 1 aromatic carbocycles. The van der Waals surface area contributed by atoms with Crippen LogP contribution in [0.3, 0.4) is 0 Å². The molecule has 0 aliphatic heterocycles. The molecule has 10 heteroatoms. The minimum Gasteiger partial charge on any atom is -0.442 e. The normalized spacial score (nSPS) is 10.6. The van der Waals surface area contributed by atoms with Gasteiger partial charge in [-0.15, -0.1) is 0 Å². The van der Waals surface area contributed by atoms with Crippen LogP contribution in [-0.2, 0) is 4.74 Å². The molecular formula is C11H13N3O7. The predicted octanol–water partition coefficient (Wildman–Crippen LogP) is 2.32. The molecule has 0 unspecified atom stereocenters. The Kier molecular flexibility index (Phi) is 4.64. The van der Waals surface area contributed by atoms with E-state index in [0.29, 0.717) is 0 Å². The van der Waals surface area contributed by atoms with E-state index >= 15 is 0 Å². The van der Waals surface area contributed by atoms with Crippen molar-refractivity contribution in [3.05, 3.63) is 38.4 Å². The van der Waals surface area contributed by atoms with Crippen molar-refractivity contribution in [2.24, 2.45) is 0 Å². The predicted molar refractivity (Wildman–Crippen MR) is 69.7 cm³/mol. The molecule has 0 saturated heterocycles. The summed E-state index contributed by atoms with van der Waals surface area (Å²) in [6, 6.07) is 3.16. The van der Waals surface area contributed by atoms with Gasteiger partial charge in [0.15, 0.2) is 0 Å². The molecule has 0 bridgehead atoms. The fourth-order valence-corrected chi connectivity index (χ4v) is 1.30. The Morgan fingerprint density at radius 1 is 1.14 bits per heavy atom. The lowest BCUT2D eigenvalue weighted by molar-refractivity contribution is -0.396. The van der Waals surface area contributed by atoms with Gasteiger partial charge in [0.1, 0.15) is 5.60 Å². The first-order chi connectivity index (χ1) is 9.61. The van der Waals surface area contributed by atoms with Gasteiger partial charge in [-0.2, -0.15) is 5.48 Å². The first kappa shape index (κ1) is 16.1. The third kappa shape index (κ3) is 4.60. The highest BCUT2D eigenvalue weighted by atomic mass is 16.7. The van der Waals surface area contributed by atoms with Crippen LogP contribution in [0.2, 0.25) is 0 Å². The Labute approximate surface area is 118 Å². The molecule has 10 nitrogen and oxygen atoms in total. The number of ether oxygens (including phenoxy) is 1. The van der Waals surface area contributed by atoms with Crippen LogP contribution in [0.15, 0.2) is 18.2 Å². The molecule has 114 valence electrons. The smallest absolute Gasteiger partial charge is 0.441 e. The first-order valence-electron chi connectivity index (χ1n) is 5.69. The molecule has 0 saturated carbocycles. The summed E-state index contributed by atoms with van der Waals surface area (Å²) in [6.07, 6.45) is -1.03. The summed E-state index contributed by atoms with van der Waals surface area (Å²) in [5.41, 5.74) is -0.347. The molecule has 0 radical (unpaired) electrons. The van der Waals surface area contributed by atoms with E-state index in [4.69, 9.17) is 9.57 Å². The zero-order valence-electron chi connectivity index (χ0n) is 11.5. The van der Waals surface area contributed by atoms with Crippen molar-refractivity contribution < 1.29 is 24.2 Å².